The molecule has 1 unspecified atom stereocenters. The van der Waals surface area contributed by atoms with Gasteiger partial charge in [-0.1, -0.05) is 6.92 Å². The molecule has 1 aromatic heterocycles. The largest absolute Gasteiger partial charge is 0.312 e. The van der Waals surface area contributed by atoms with Gasteiger partial charge in [-0.15, -0.1) is 11.3 Å². The Hall–Kier alpha value is -0.470. The van der Waals surface area contributed by atoms with Gasteiger partial charge in [0.25, 0.3) is 0 Å². The van der Waals surface area contributed by atoms with Crippen LogP contribution in [0.3, 0.4) is 0 Å². The first kappa shape index (κ1) is 16.6. The van der Waals surface area contributed by atoms with Crippen molar-refractivity contribution in [3.8, 4) is 0 Å². The Morgan fingerprint density at radius 2 is 2.05 bits per heavy atom. The van der Waals surface area contributed by atoms with E-state index in [1.54, 1.807) is 6.07 Å². The van der Waals surface area contributed by atoms with Crippen LogP contribution in [0.2, 0.25) is 0 Å². The molecule has 19 heavy (non-hydrogen) atoms. The van der Waals surface area contributed by atoms with E-state index in [9.17, 15) is 8.42 Å². The molecule has 1 rings (SSSR count). The molecule has 0 aliphatic carbocycles. The molecule has 1 heterocycles. The molecule has 0 bridgehead atoms. The smallest absolute Gasteiger partial charge is 0.250 e. The standard InChI is InChI=1S/C12H23N3O2S2/c1-5-13-8-11-6-7-12(18-11)19(16,17)14-10(2)9-15(3)4/h6-7,10,13-14H,5,8-9H2,1-4H3. The number of sulfonamides is 1. The summed E-state index contributed by atoms with van der Waals surface area (Å²) in [7, 11) is 0.447. The van der Waals surface area contributed by atoms with Gasteiger partial charge in [-0.3, -0.25) is 0 Å². The molecule has 110 valence electrons. The Kier molecular flexibility index (Phi) is 6.41. The van der Waals surface area contributed by atoms with Gasteiger partial charge in [-0.2, -0.15) is 0 Å². The maximum Gasteiger partial charge on any atom is 0.250 e. The van der Waals surface area contributed by atoms with Gasteiger partial charge in [-0.25, -0.2) is 13.1 Å². The Morgan fingerprint density at radius 3 is 2.63 bits per heavy atom. The molecular formula is C12H23N3O2S2. The van der Waals surface area contributed by atoms with Gasteiger partial charge in [0.1, 0.15) is 4.21 Å². The number of hydrogen-bond donors (Lipinski definition) is 2. The Labute approximate surface area is 120 Å². The Bertz CT molecular complexity index is 483. The molecule has 0 aliphatic rings. The lowest BCUT2D eigenvalue weighted by molar-refractivity contribution is 0.370. The number of likely N-dealkylation sites (N-methyl/N-ethyl adjacent to an activating group) is 1. The van der Waals surface area contributed by atoms with E-state index >= 15 is 0 Å². The molecule has 0 spiro atoms. The molecule has 1 atom stereocenters. The Balaban J connectivity index is 2.69. The summed E-state index contributed by atoms with van der Waals surface area (Å²) in [5, 5.41) is 3.18. The van der Waals surface area contributed by atoms with E-state index in [0.717, 1.165) is 11.4 Å². The molecule has 0 aromatic carbocycles. The fraction of sp³-hybridized carbons (Fsp3) is 0.667. The topological polar surface area (TPSA) is 61.4 Å². The van der Waals surface area contributed by atoms with Crippen molar-refractivity contribution in [1.82, 2.24) is 14.9 Å². The molecule has 0 saturated carbocycles. The zero-order chi connectivity index (χ0) is 14.5. The zero-order valence-electron chi connectivity index (χ0n) is 11.9. The van der Waals surface area contributed by atoms with Crippen molar-refractivity contribution >= 4 is 21.4 Å². The van der Waals surface area contributed by atoms with E-state index in [-0.39, 0.29) is 6.04 Å². The average molecular weight is 305 g/mol. The van der Waals surface area contributed by atoms with Crippen molar-refractivity contribution in [3.05, 3.63) is 17.0 Å². The monoisotopic (exact) mass is 305 g/mol. The van der Waals surface area contributed by atoms with Gasteiger partial charge < -0.3 is 10.2 Å². The second-order valence-electron chi connectivity index (χ2n) is 4.79. The molecular weight excluding hydrogens is 282 g/mol. The predicted octanol–water partition coefficient (Wildman–Crippen LogP) is 1.09. The second kappa shape index (κ2) is 7.35. The summed E-state index contributed by atoms with van der Waals surface area (Å²) in [5.74, 6) is 0. The molecule has 0 fully saturated rings. The predicted molar refractivity (Wildman–Crippen MR) is 80.0 cm³/mol. The van der Waals surface area contributed by atoms with Crippen LogP contribution in [0.1, 0.15) is 18.7 Å². The molecule has 0 saturated heterocycles. The summed E-state index contributed by atoms with van der Waals surface area (Å²) in [5.41, 5.74) is 0. The third kappa shape index (κ3) is 5.58. The van der Waals surface area contributed by atoms with Crippen LogP contribution in [-0.2, 0) is 16.6 Å². The minimum atomic E-state index is -3.40. The van der Waals surface area contributed by atoms with Crippen LogP contribution in [0, 0.1) is 0 Å². The van der Waals surface area contributed by atoms with Gasteiger partial charge in [-0.05, 0) is 39.7 Å². The van der Waals surface area contributed by atoms with Gasteiger partial charge in [0.15, 0.2) is 0 Å². The van der Waals surface area contributed by atoms with Gasteiger partial charge >= 0.3 is 0 Å². The lowest BCUT2D eigenvalue weighted by Gasteiger charge is -2.17. The lowest BCUT2D eigenvalue weighted by Crippen LogP contribution is -2.39. The molecule has 1 aromatic rings. The van der Waals surface area contributed by atoms with Crippen molar-refractivity contribution in [1.29, 1.82) is 0 Å². The van der Waals surface area contributed by atoms with E-state index in [4.69, 9.17) is 0 Å². The number of rotatable bonds is 8. The van der Waals surface area contributed by atoms with Crippen molar-refractivity contribution in [2.24, 2.45) is 0 Å². The second-order valence-corrected chi connectivity index (χ2v) is 7.89. The first-order valence-corrected chi connectivity index (χ1v) is 8.61. The van der Waals surface area contributed by atoms with Crippen LogP contribution in [0.15, 0.2) is 16.3 Å². The molecule has 5 nitrogen and oxygen atoms in total. The highest BCUT2D eigenvalue weighted by Gasteiger charge is 2.19. The van der Waals surface area contributed by atoms with Crippen LogP contribution in [0.4, 0.5) is 0 Å². The van der Waals surface area contributed by atoms with E-state index in [1.807, 2.05) is 38.9 Å². The van der Waals surface area contributed by atoms with Gasteiger partial charge in [0, 0.05) is 24.0 Å². The minimum Gasteiger partial charge on any atom is -0.312 e. The van der Waals surface area contributed by atoms with Gasteiger partial charge in [0.2, 0.25) is 10.0 Å². The van der Waals surface area contributed by atoms with E-state index in [1.165, 1.54) is 11.3 Å². The van der Waals surface area contributed by atoms with Gasteiger partial charge in [0.05, 0.1) is 0 Å². The minimum absolute atomic E-state index is 0.112. The molecule has 0 amide bonds. The number of nitrogens with zero attached hydrogens (tertiary/aromatic N) is 1. The summed E-state index contributed by atoms with van der Waals surface area (Å²) in [6, 6.07) is 3.42. The number of hydrogen-bond acceptors (Lipinski definition) is 5. The van der Waals surface area contributed by atoms with Crippen molar-refractivity contribution in [2.45, 2.75) is 30.6 Å². The van der Waals surface area contributed by atoms with Crippen LogP contribution in [-0.4, -0.2) is 46.5 Å². The van der Waals surface area contributed by atoms with E-state index < -0.39 is 10.0 Å². The summed E-state index contributed by atoms with van der Waals surface area (Å²) in [4.78, 5) is 2.99. The highest BCUT2D eigenvalue weighted by atomic mass is 32.2. The van der Waals surface area contributed by atoms with Crippen LogP contribution >= 0.6 is 11.3 Å². The first-order valence-electron chi connectivity index (χ1n) is 6.31. The number of thiophene rings is 1. The van der Waals surface area contributed by atoms with Crippen LogP contribution < -0.4 is 10.0 Å². The maximum atomic E-state index is 12.2. The molecule has 2 N–H and O–H groups in total. The number of nitrogens with one attached hydrogen (secondary N) is 2. The highest BCUT2D eigenvalue weighted by molar-refractivity contribution is 7.91. The third-order valence-electron chi connectivity index (χ3n) is 2.45. The van der Waals surface area contributed by atoms with E-state index in [2.05, 4.69) is 10.0 Å². The summed E-state index contributed by atoms with van der Waals surface area (Å²) < 4.78 is 27.4. The zero-order valence-corrected chi connectivity index (χ0v) is 13.6. The van der Waals surface area contributed by atoms with Crippen LogP contribution in [0.25, 0.3) is 0 Å². The first-order chi connectivity index (χ1) is 8.85. The van der Waals surface area contributed by atoms with Crippen molar-refractivity contribution in [2.75, 3.05) is 27.2 Å². The lowest BCUT2D eigenvalue weighted by atomic mass is 10.3. The third-order valence-corrected chi connectivity index (χ3v) is 5.61. The SMILES string of the molecule is CCNCc1ccc(S(=O)(=O)NC(C)CN(C)C)s1. The normalized spacial score (nSPS) is 13.9. The van der Waals surface area contributed by atoms with Crippen molar-refractivity contribution in [3.63, 3.8) is 0 Å². The molecule has 0 radical (unpaired) electrons. The summed E-state index contributed by atoms with van der Waals surface area (Å²) in [6.45, 7) is 6.15. The van der Waals surface area contributed by atoms with Crippen molar-refractivity contribution < 1.29 is 8.42 Å². The fourth-order valence-corrected chi connectivity index (χ4v) is 4.33. The molecule has 7 heteroatoms. The summed E-state index contributed by atoms with van der Waals surface area (Å²) >= 11 is 1.31. The molecule has 0 aliphatic heterocycles. The van der Waals surface area contributed by atoms with E-state index in [0.29, 0.717) is 17.3 Å². The van der Waals surface area contributed by atoms with Crippen LogP contribution in [0.5, 0.6) is 0 Å². The highest BCUT2D eigenvalue weighted by Crippen LogP contribution is 2.21. The quantitative estimate of drug-likeness (QED) is 0.755. The summed E-state index contributed by atoms with van der Waals surface area (Å²) in [6.07, 6.45) is 0. The Morgan fingerprint density at radius 1 is 1.37 bits per heavy atom. The average Bonchev–Trinajstić information content (AvgIpc) is 2.73. The maximum absolute atomic E-state index is 12.2. The fourth-order valence-electron chi connectivity index (χ4n) is 1.75.